The second-order valence-electron chi connectivity index (χ2n) is 17.6. The largest absolute Gasteiger partial charge is 0.323 e. The van der Waals surface area contributed by atoms with Crippen molar-refractivity contribution in [1.82, 2.24) is 0 Å². The summed E-state index contributed by atoms with van der Waals surface area (Å²) >= 11 is 0. The highest BCUT2D eigenvalue weighted by atomic mass is 15.3. The average Bonchev–Trinajstić information content (AvgIpc) is 3.20. The van der Waals surface area contributed by atoms with Crippen LogP contribution in [-0.2, 0) is 0 Å². The van der Waals surface area contributed by atoms with Gasteiger partial charge in [-0.3, -0.25) is 0 Å². The molecule has 4 heteroatoms. The van der Waals surface area contributed by atoms with Gasteiger partial charge in [-0.15, -0.1) is 0 Å². The van der Waals surface area contributed by atoms with Crippen molar-refractivity contribution in [2.45, 2.75) is 158 Å². The second-order valence-corrected chi connectivity index (χ2v) is 17.6. The van der Waals surface area contributed by atoms with Gasteiger partial charge in [0.2, 0.25) is 0 Å². The lowest BCUT2D eigenvalue weighted by atomic mass is 9.85. The van der Waals surface area contributed by atoms with Crippen LogP contribution in [0, 0.1) is 17.5 Å². The summed E-state index contributed by atoms with van der Waals surface area (Å²) in [5, 5.41) is 0. The van der Waals surface area contributed by atoms with E-state index >= 15 is 0 Å². The predicted octanol–water partition coefficient (Wildman–Crippen LogP) is 11.8. The zero-order valence-electron chi connectivity index (χ0n) is 31.6. The quantitative estimate of drug-likeness (QED) is 0.297. The molecule has 0 aromatic heterocycles. The first-order valence-electron chi connectivity index (χ1n) is 17.5. The van der Waals surface area contributed by atoms with Crippen LogP contribution in [0.25, 0.3) is 0 Å². The second kappa shape index (κ2) is 12.2. The average molecular weight is 612 g/mol. The normalized spacial score (nSPS) is 22.3. The molecule has 4 rings (SSSR count). The highest BCUT2D eigenvalue weighted by molar-refractivity contribution is 6.08. The summed E-state index contributed by atoms with van der Waals surface area (Å²) in [7, 11) is 0. The minimum Gasteiger partial charge on any atom is -0.323 e. The number of rotatable bonds is 8. The molecule has 0 unspecified atom stereocenters. The van der Waals surface area contributed by atoms with Gasteiger partial charge in [-0.1, -0.05) is 119 Å². The molecule has 0 amide bonds. The molecular weight excluding hydrogens is 548 g/mol. The third kappa shape index (κ3) is 6.50. The molecule has 0 saturated carbocycles. The van der Waals surface area contributed by atoms with Gasteiger partial charge in [-0.05, 0) is 86.5 Å². The summed E-state index contributed by atoms with van der Waals surface area (Å²) in [4.78, 5) is 15.8. The van der Waals surface area contributed by atoms with Crippen LogP contribution in [0.2, 0.25) is 0 Å². The van der Waals surface area contributed by atoms with Crippen molar-refractivity contribution in [2.75, 3.05) is 9.80 Å². The van der Waals surface area contributed by atoms with Crippen molar-refractivity contribution in [3.05, 3.63) is 65.3 Å². The van der Waals surface area contributed by atoms with Crippen LogP contribution in [-0.4, -0.2) is 22.7 Å². The van der Waals surface area contributed by atoms with Crippen molar-refractivity contribution in [2.24, 2.45) is 20.8 Å². The van der Waals surface area contributed by atoms with Crippen LogP contribution in [0.1, 0.15) is 170 Å². The minimum atomic E-state index is -0.0995. The Labute approximate surface area is 276 Å². The SMILES string of the molecule is CC(C)c1cccc(C(C)C)c1N1/C(=N/[CH]/N=C2/N(c3c(C(C)C)cccc3C(C)C)C(C)(C)CC2(C)C)C(C)(C)CC1(C)C. The van der Waals surface area contributed by atoms with E-state index in [-0.39, 0.29) is 21.9 Å². The molecule has 2 aromatic carbocycles. The number of nitrogens with zero attached hydrogens (tertiary/aromatic N) is 4. The van der Waals surface area contributed by atoms with Gasteiger partial charge in [0.05, 0.1) is 0 Å². The fraction of sp³-hybridized carbons (Fsp3) is 0.634. The maximum absolute atomic E-state index is 5.35. The lowest BCUT2D eigenvalue weighted by molar-refractivity contribution is 0.404. The van der Waals surface area contributed by atoms with Crippen molar-refractivity contribution in [3.8, 4) is 0 Å². The zero-order chi connectivity index (χ0) is 33.9. The summed E-state index contributed by atoms with van der Waals surface area (Å²) in [6.07, 6.45) is 2.05. The summed E-state index contributed by atoms with van der Waals surface area (Å²) in [5.74, 6) is 3.87. The number of benzene rings is 2. The Hall–Kier alpha value is -2.62. The summed E-state index contributed by atoms with van der Waals surface area (Å²) in [6, 6.07) is 13.7. The topological polar surface area (TPSA) is 31.2 Å². The van der Waals surface area contributed by atoms with Crippen LogP contribution in [0.15, 0.2) is 46.4 Å². The molecular formula is C41H63N4. The third-order valence-corrected chi connectivity index (χ3v) is 10.1. The number of anilines is 2. The van der Waals surface area contributed by atoms with E-state index in [1.807, 2.05) is 6.67 Å². The van der Waals surface area contributed by atoms with E-state index in [0.717, 1.165) is 24.5 Å². The number of hydrogen-bond acceptors (Lipinski definition) is 2. The van der Waals surface area contributed by atoms with Gasteiger partial charge in [0, 0.05) is 33.3 Å². The molecule has 0 spiro atoms. The minimum absolute atomic E-state index is 0.0824. The van der Waals surface area contributed by atoms with Crippen LogP contribution >= 0.6 is 0 Å². The fourth-order valence-corrected chi connectivity index (χ4v) is 8.62. The van der Waals surface area contributed by atoms with Crippen LogP contribution < -0.4 is 9.80 Å². The summed E-state index contributed by atoms with van der Waals surface area (Å²) < 4.78 is 0. The molecule has 0 aliphatic carbocycles. The van der Waals surface area contributed by atoms with Crippen molar-refractivity contribution in [1.29, 1.82) is 0 Å². The number of hydrogen-bond donors (Lipinski definition) is 0. The smallest absolute Gasteiger partial charge is 0.185 e. The van der Waals surface area contributed by atoms with E-state index in [4.69, 9.17) is 9.98 Å². The third-order valence-electron chi connectivity index (χ3n) is 10.1. The highest BCUT2D eigenvalue weighted by Crippen LogP contribution is 2.51. The Kier molecular flexibility index (Phi) is 9.55. The predicted molar refractivity (Wildman–Crippen MR) is 198 cm³/mol. The van der Waals surface area contributed by atoms with Gasteiger partial charge in [0.15, 0.2) is 6.67 Å². The van der Waals surface area contributed by atoms with Crippen LogP contribution in [0.5, 0.6) is 0 Å². The lowest BCUT2D eigenvalue weighted by Gasteiger charge is -2.38. The van der Waals surface area contributed by atoms with Gasteiger partial charge >= 0.3 is 0 Å². The summed E-state index contributed by atoms with van der Waals surface area (Å²) in [5.41, 5.74) is 7.88. The molecule has 0 atom stereocenters. The molecule has 4 nitrogen and oxygen atoms in total. The number of para-hydroxylation sites is 2. The molecule has 247 valence electrons. The van der Waals surface area contributed by atoms with Crippen molar-refractivity contribution < 1.29 is 0 Å². The molecule has 2 aliphatic heterocycles. The maximum Gasteiger partial charge on any atom is 0.185 e. The lowest BCUT2D eigenvalue weighted by Crippen LogP contribution is -2.43. The van der Waals surface area contributed by atoms with Crippen LogP contribution in [0.4, 0.5) is 11.4 Å². The molecule has 45 heavy (non-hydrogen) atoms. The highest BCUT2D eigenvalue weighted by Gasteiger charge is 2.51. The van der Waals surface area contributed by atoms with Gasteiger partial charge < -0.3 is 9.80 Å². The van der Waals surface area contributed by atoms with E-state index in [1.165, 1.54) is 33.6 Å². The first-order chi connectivity index (χ1) is 20.6. The fourth-order valence-electron chi connectivity index (χ4n) is 8.62. The van der Waals surface area contributed by atoms with E-state index in [2.05, 4.69) is 157 Å². The van der Waals surface area contributed by atoms with E-state index < -0.39 is 0 Å². The monoisotopic (exact) mass is 612 g/mol. The van der Waals surface area contributed by atoms with E-state index in [0.29, 0.717) is 23.7 Å². The van der Waals surface area contributed by atoms with Gasteiger partial charge in [-0.25, -0.2) is 9.98 Å². The standard InChI is InChI=1S/C41H63N4/c1-26(2)30-19-17-20-31(27(3)4)34(30)44-36(38(9,10)23-40(44,13)14)42-25-43-37-39(11,12)24-41(15,16)45(37)35-32(28(5)6)21-18-22-33(35)29(7)8/h17-22,25-29H,23-24H2,1-16H3/b42-36+,43-37+. The molecule has 0 bridgehead atoms. The molecule has 1 radical (unpaired) electrons. The van der Waals surface area contributed by atoms with Crippen molar-refractivity contribution >= 4 is 23.0 Å². The Morgan fingerprint density at radius 2 is 0.778 bits per heavy atom. The first kappa shape index (κ1) is 35.2. The Morgan fingerprint density at radius 1 is 0.511 bits per heavy atom. The van der Waals surface area contributed by atoms with Crippen molar-refractivity contribution in [3.63, 3.8) is 0 Å². The number of aliphatic imine (C=N–C) groups is 2. The Morgan fingerprint density at radius 3 is 1.02 bits per heavy atom. The van der Waals surface area contributed by atoms with Crippen LogP contribution in [0.3, 0.4) is 0 Å². The molecule has 0 N–H and O–H groups in total. The molecule has 2 aromatic rings. The van der Waals surface area contributed by atoms with Gasteiger partial charge in [0.25, 0.3) is 0 Å². The molecule has 2 aliphatic rings. The number of amidine groups is 2. The van der Waals surface area contributed by atoms with E-state index in [1.54, 1.807) is 0 Å². The Bertz CT molecular complexity index is 1290. The maximum atomic E-state index is 5.35. The van der Waals surface area contributed by atoms with E-state index in [9.17, 15) is 0 Å². The molecule has 2 heterocycles. The molecule has 2 fully saturated rings. The molecule has 2 saturated heterocycles. The van der Waals surface area contributed by atoms with Gasteiger partial charge in [0.1, 0.15) is 11.7 Å². The summed E-state index contributed by atoms with van der Waals surface area (Å²) in [6.45, 7) is 39.3. The zero-order valence-corrected chi connectivity index (χ0v) is 31.6. The van der Waals surface area contributed by atoms with Gasteiger partial charge in [-0.2, -0.15) is 0 Å². The Balaban J connectivity index is 1.91. The first-order valence-corrected chi connectivity index (χ1v) is 17.5.